The van der Waals surface area contributed by atoms with Crippen LogP contribution >= 0.6 is 0 Å². The second-order valence-corrected chi connectivity index (χ2v) is 10.8. The van der Waals surface area contributed by atoms with Crippen LogP contribution in [0, 0.1) is 0 Å². The predicted octanol–water partition coefficient (Wildman–Crippen LogP) is 1.36. The molecule has 0 bridgehead atoms. The van der Waals surface area contributed by atoms with Gasteiger partial charge in [0.25, 0.3) is 15.9 Å². The summed E-state index contributed by atoms with van der Waals surface area (Å²) in [5.41, 5.74) is 0.600. The van der Waals surface area contributed by atoms with Gasteiger partial charge in [-0.1, -0.05) is 6.07 Å². The van der Waals surface area contributed by atoms with E-state index in [1.54, 1.807) is 11.0 Å². The summed E-state index contributed by atoms with van der Waals surface area (Å²) in [4.78, 5) is 14.4. The minimum Gasteiger partial charge on any atom is -0.496 e. The number of hydrogen-bond acceptors (Lipinski definition) is 7. The van der Waals surface area contributed by atoms with E-state index in [-0.39, 0.29) is 27.8 Å². The number of carbonyl (C=O) groups excluding carboxylic acids is 1. The highest BCUT2D eigenvalue weighted by Crippen LogP contribution is 2.27. The molecule has 0 radical (unpaired) electrons. The van der Waals surface area contributed by atoms with Gasteiger partial charge < -0.3 is 14.4 Å². The third kappa shape index (κ3) is 5.31. The lowest BCUT2D eigenvalue weighted by molar-refractivity contribution is 0.0300. The number of sulfonamides is 2. The molecule has 3 rings (SSSR count). The Morgan fingerprint density at radius 2 is 1.78 bits per heavy atom. The van der Waals surface area contributed by atoms with Crippen LogP contribution in [0.25, 0.3) is 0 Å². The lowest BCUT2D eigenvalue weighted by atomic mass is 10.1. The quantitative estimate of drug-likeness (QED) is 0.631. The highest BCUT2D eigenvalue weighted by atomic mass is 32.2. The number of amides is 1. The molecule has 1 N–H and O–H groups in total. The van der Waals surface area contributed by atoms with Crippen LogP contribution in [-0.4, -0.2) is 74.4 Å². The van der Waals surface area contributed by atoms with E-state index in [0.29, 0.717) is 32.0 Å². The lowest BCUT2D eigenvalue weighted by Gasteiger charge is -2.27. The van der Waals surface area contributed by atoms with Crippen molar-refractivity contribution in [3.05, 3.63) is 48.0 Å². The topological polar surface area (TPSA) is 122 Å². The molecular formula is C20H25N3O7S2. The van der Waals surface area contributed by atoms with Gasteiger partial charge in [-0.25, -0.2) is 16.8 Å². The molecule has 0 spiro atoms. The first-order valence-electron chi connectivity index (χ1n) is 9.65. The minimum atomic E-state index is -4.07. The van der Waals surface area contributed by atoms with Crippen molar-refractivity contribution in [2.75, 3.05) is 55.7 Å². The standard InChI is InChI=1S/C20H25N3O7S2/c1-22(31(3,25)26)16-6-4-5-15(13-16)21-32(27,28)17-7-8-19(29-2)18(14-17)20(24)23-9-11-30-12-10-23/h4-8,13-14,21H,9-12H2,1-3H3. The smallest absolute Gasteiger partial charge is 0.261 e. The molecule has 2 aromatic rings. The third-order valence-corrected chi connectivity index (χ3v) is 7.55. The van der Waals surface area contributed by atoms with Crippen LogP contribution in [0.4, 0.5) is 11.4 Å². The van der Waals surface area contributed by atoms with E-state index in [9.17, 15) is 21.6 Å². The SMILES string of the molecule is COc1ccc(S(=O)(=O)Nc2cccc(N(C)S(C)(=O)=O)c2)cc1C(=O)N1CCOCC1. The van der Waals surface area contributed by atoms with E-state index >= 15 is 0 Å². The van der Waals surface area contributed by atoms with Gasteiger partial charge in [-0.15, -0.1) is 0 Å². The summed E-state index contributed by atoms with van der Waals surface area (Å²) in [5, 5.41) is 0. The number of anilines is 2. The molecular weight excluding hydrogens is 458 g/mol. The van der Waals surface area contributed by atoms with E-state index in [4.69, 9.17) is 9.47 Å². The molecule has 12 heteroatoms. The van der Waals surface area contributed by atoms with Crippen molar-refractivity contribution in [2.45, 2.75) is 4.90 Å². The Hall–Kier alpha value is -2.83. The maximum Gasteiger partial charge on any atom is 0.261 e. The maximum atomic E-state index is 13.0. The molecule has 0 aromatic heterocycles. The molecule has 32 heavy (non-hydrogen) atoms. The van der Waals surface area contributed by atoms with Gasteiger partial charge in [-0.3, -0.25) is 13.8 Å². The molecule has 1 saturated heterocycles. The highest BCUT2D eigenvalue weighted by molar-refractivity contribution is 7.92. The predicted molar refractivity (Wildman–Crippen MR) is 120 cm³/mol. The average molecular weight is 484 g/mol. The number of nitrogens with zero attached hydrogens (tertiary/aromatic N) is 2. The van der Waals surface area contributed by atoms with Gasteiger partial charge >= 0.3 is 0 Å². The summed E-state index contributed by atoms with van der Waals surface area (Å²) in [7, 11) is -4.81. The summed E-state index contributed by atoms with van der Waals surface area (Å²) in [6.07, 6.45) is 1.05. The van der Waals surface area contributed by atoms with E-state index < -0.39 is 20.0 Å². The second-order valence-electron chi connectivity index (χ2n) is 7.15. The Kier molecular flexibility index (Phi) is 6.96. The van der Waals surface area contributed by atoms with Gasteiger partial charge in [0.15, 0.2) is 0 Å². The summed E-state index contributed by atoms with van der Waals surface area (Å²) >= 11 is 0. The number of ether oxygens (including phenoxy) is 2. The summed E-state index contributed by atoms with van der Waals surface area (Å²) in [5.74, 6) is -0.0869. The van der Waals surface area contributed by atoms with Crippen LogP contribution < -0.4 is 13.8 Å². The van der Waals surface area contributed by atoms with Crippen LogP contribution in [0.5, 0.6) is 5.75 Å². The number of rotatable bonds is 7. The van der Waals surface area contributed by atoms with Crippen LogP contribution in [-0.2, 0) is 24.8 Å². The van der Waals surface area contributed by atoms with Crippen molar-refractivity contribution in [2.24, 2.45) is 0 Å². The van der Waals surface area contributed by atoms with Crippen molar-refractivity contribution in [1.82, 2.24) is 4.90 Å². The van der Waals surface area contributed by atoms with Gasteiger partial charge in [0.2, 0.25) is 10.0 Å². The zero-order valence-corrected chi connectivity index (χ0v) is 19.6. The molecule has 0 unspecified atom stereocenters. The average Bonchev–Trinajstić information content (AvgIpc) is 2.77. The molecule has 1 amide bonds. The fourth-order valence-electron chi connectivity index (χ4n) is 3.13. The molecule has 174 valence electrons. The number of morpholine rings is 1. The first-order valence-corrected chi connectivity index (χ1v) is 13.0. The fraction of sp³-hybridized carbons (Fsp3) is 0.350. The molecule has 1 aliphatic heterocycles. The van der Waals surface area contributed by atoms with Crippen molar-refractivity contribution >= 4 is 37.3 Å². The molecule has 10 nitrogen and oxygen atoms in total. The Bertz CT molecular complexity index is 1210. The van der Waals surface area contributed by atoms with Crippen molar-refractivity contribution < 1.29 is 31.1 Å². The van der Waals surface area contributed by atoms with Crippen LogP contribution in [0.3, 0.4) is 0 Å². The minimum absolute atomic E-state index is 0.128. The number of benzene rings is 2. The van der Waals surface area contributed by atoms with Crippen LogP contribution in [0.2, 0.25) is 0 Å². The van der Waals surface area contributed by atoms with Gasteiger partial charge in [0, 0.05) is 20.1 Å². The monoisotopic (exact) mass is 483 g/mol. The summed E-state index contributed by atoms with van der Waals surface area (Å²) in [6, 6.07) is 10.0. The Labute approximate surface area is 187 Å². The zero-order chi connectivity index (χ0) is 23.5. The van der Waals surface area contributed by atoms with Crippen molar-refractivity contribution in [3.63, 3.8) is 0 Å². The maximum absolute atomic E-state index is 13.0. The van der Waals surface area contributed by atoms with Gasteiger partial charge in [-0.05, 0) is 36.4 Å². The van der Waals surface area contributed by atoms with Crippen LogP contribution in [0.15, 0.2) is 47.4 Å². The van der Waals surface area contributed by atoms with E-state index in [0.717, 1.165) is 10.6 Å². The molecule has 1 heterocycles. The molecule has 1 fully saturated rings. The number of nitrogens with one attached hydrogen (secondary N) is 1. The fourth-order valence-corrected chi connectivity index (χ4v) is 4.70. The second kappa shape index (κ2) is 9.35. The van der Waals surface area contributed by atoms with Crippen LogP contribution in [0.1, 0.15) is 10.4 Å². The first-order chi connectivity index (χ1) is 15.0. The number of carbonyl (C=O) groups is 1. The van der Waals surface area contributed by atoms with E-state index in [1.165, 1.54) is 50.6 Å². The van der Waals surface area contributed by atoms with Gasteiger partial charge in [0.1, 0.15) is 5.75 Å². The highest BCUT2D eigenvalue weighted by Gasteiger charge is 2.25. The number of hydrogen-bond donors (Lipinski definition) is 1. The summed E-state index contributed by atoms with van der Waals surface area (Å²) in [6.45, 7) is 1.62. The first kappa shape index (κ1) is 23.8. The normalized spacial score (nSPS) is 14.7. The van der Waals surface area contributed by atoms with E-state index in [1.807, 2.05) is 0 Å². The van der Waals surface area contributed by atoms with E-state index in [2.05, 4.69) is 4.72 Å². The molecule has 1 aliphatic rings. The molecule has 0 atom stereocenters. The Morgan fingerprint density at radius 3 is 2.41 bits per heavy atom. The largest absolute Gasteiger partial charge is 0.496 e. The van der Waals surface area contributed by atoms with Crippen molar-refractivity contribution in [3.8, 4) is 5.75 Å². The Balaban J connectivity index is 1.91. The Morgan fingerprint density at radius 1 is 1.09 bits per heavy atom. The number of methoxy groups -OCH3 is 1. The zero-order valence-electron chi connectivity index (χ0n) is 17.9. The third-order valence-electron chi connectivity index (χ3n) is 4.97. The van der Waals surface area contributed by atoms with Crippen molar-refractivity contribution in [1.29, 1.82) is 0 Å². The molecule has 2 aromatic carbocycles. The lowest BCUT2D eigenvalue weighted by Crippen LogP contribution is -2.40. The summed E-state index contributed by atoms with van der Waals surface area (Å²) < 4.78 is 63.5. The van der Waals surface area contributed by atoms with Gasteiger partial charge in [0.05, 0.1) is 48.4 Å². The van der Waals surface area contributed by atoms with Gasteiger partial charge in [-0.2, -0.15) is 0 Å². The molecule has 0 aliphatic carbocycles. The molecule has 0 saturated carbocycles.